The maximum absolute atomic E-state index is 6.13. The molecule has 0 aliphatic carbocycles. The zero-order chi connectivity index (χ0) is 15.2. The van der Waals surface area contributed by atoms with Gasteiger partial charge in [-0.05, 0) is 12.8 Å². The normalized spacial score (nSPS) is 13.3. The highest BCUT2D eigenvalue weighted by Crippen LogP contribution is 2.23. The fraction of sp³-hybridized carbons (Fsp3) is 0.750. The average molecular weight is 298 g/mol. The lowest BCUT2D eigenvalue weighted by Crippen LogP contribution is -2.22. The molecule has 0 aliphatic heterocycles. The van der Waals surface area contributed by atoms with Gasteiger partial charge in [0.2, 0.25) is 0 Å². The fourth-order valence-corrected chi connectivity index (χ4v) is 2.31. The standard InChI is InChI=1S/C16H28ClN3/c1-6-8-10-12(9-7-2)18-14-11-13(17)19-15(20-14)16(3,4)5/h11-12H,6-10H2,1-5H3,(H,18,19,20). The lowest BCUT2D eigenvalue weighted by molar-refractivity contribution is 0.539. The highest BCUT2D eigenvalue weighted by atomic mass is 35.5. The van der Waals surface area contributed by atoms with Gasteiger partial charge in [-0.1, -0.05) is 65.5 Å². The summed E-state index contributed by atoms with van der Waals surface area (Å²) in [5, 5.41) is 4.04. The maximum atomic E-state index is 6.13. The largest absolute Gasteiger partial charge is 0.367 e. The van der Waals surface area contributed by atoms with Crippen molar-refractivity contribution in [2.24, 2.45) is 0 Å². The van der Waals surface area contributed by atoms with E-state index in [2.05, 4.69) is 49.9 Å². The molecule has 0 saturated heterocycles. The van der Waals surface area contributed by atoms with Crippen molar-refractivity contribution < 1.29 is 0 Å². The van der Waals surface area contributed by atoms with Gasteiger partial charge in [-0.2, -0.15) is 0 Å². The number of hydrogen-bond acceptors (Lipinski definition) is 3. The summed E-state index contributed by atoms with van der Waals surface area (Å²) in [5.74, 6) is 1.64. The van der Waals surface area contributed by atoms with Crippen LogP contribution in [0, 0.1) is 0 Å². The van der Waals surface area contributed by atoms with E-state index in [0.717, 1.165) is 18.1 Å². The summed E-state index contributed by atoms with van der Waals surface area (Å²) in [5.41, 5.74) is -0.0923. The molecule has 1 aromatic heterocycles. The first-order chi connectivity index (χ1) is 9.36. The molecule has 0 radical (unpaired) electrons. The molecule has 0 bridgehead atoms. The smallest absolute Gasteiger partial charge is 0.137 e. The van der Waals surface area contributed by atoms with Crippen LogP contribution in [0.15, 0.2) is 6.07 Å². The molecular formula is C16H28ClN3. The molecule has 1 unspecified atom stereocenters. The van der Waals surface area contributed by atoms with Crippen molar-refractivity contribution in [1.82, 2.24) is 9.97 Å². The van der Waals surface area contributed by atoms with E-state index in [1.165, 1.54) is 25.7 Å². The van der Waals surface area contributed by atoms with E-state index in [4.69, 9.17) is 11.6 Å². The van der Waals surface area contributed by atoms with Gasteiger partial charge in [0.25, 0.3) is 0 Å². The van der Waals surface area contributed by atoms with E-state index in [1.54, 1.807) is 0 Å². The molecule has 20 heavy (non-hydrogen) atoms. The Hall–Kier alpha value is -0.830. The zero-order valence-electron chi connectivity index (χ0n) is 13.5. The minimum Gasteiger partial charge on any atom is -0.367 e. The summed E-state index contributed by atoms with van der Waals surface area (Å²) in [7, 11) is 0. The Morgan fingerprint density at radius 3 is 2.40 bits per heavy atom. The van der Waals surface area contributed by atoms with Crippen molar-refractivity contribution in [2.45, 2.75) is 78.2 Å². The van der Waals surface area contributed by atoms with E-state index in [-0.39, 0.29) is 5.41 Å². The predicted octanol–water partition coefficient (Wildman–Crippen LogP) is 5.20. The lowest BCUT2D eigenvalue weighted by atomic mass is 9.96. The summed E-state index contributed by atoms with van der Waals surface area (Å²) in [6.07, 6.45) is 5.97. The molecule has 0 fully saturated rings. The van der Waals surface area contributed by atoms with Gasteiger partial charge in [-0.3, -0.25) is 0 Å². The van der Waals surface area contributed by atoms with Gasteiger partial charge in [-0.15, -0.1) is 0 Å². The molecular weight excluding hydrogens is 270 g/mol. The summed E-state index contributed by atoms with van der Waals surface area (Å²) in [6.45, 7) is 10.7. The SMILES string of the molecule is CCCCC(CCC)Nc1cc(Cl)nc(C(C)(C)C)n1. The van der Waals surface area contributed by atoms with Crippen LogP contribution in [0.3, 0.4) is 0 Å². The zero-order valence-corrected chi connectivity index (χ0v) is 14.2. The van der Waals surface area contributed by atoms with Gasteiger partial charge in [0.05, 0.1) is 0 Å². The van der Waals surface area contributed by atoms with Gasteiger partial charge < -0.3 is 5.32 Å². The molecule has 3 nitrogen and oxygen atoms in total. The molecule has 1 heterocycles. The van der Waals surface area contributed by atoms with Crippen LogP contribution < -0.4 is 5.32 Å². The van der Waals surface area contributed by atoms with Gasteiger partial charge in [0.1, 0.15) is 16.8 Å². The molecule has 1 aromatic rings. The second kappa shape index (κ2) is 7.82. The Kier molecular flexibility index (Phi) is 6.74. The Morgan fingerprint density at radius 1 is 1.15 bits per heavy atom. The van der Waals surface area contributed by atoms with E-state index in [1.807, 2.05) is 6.07 Å². The minimum absolute atomic E-state index is 0.0923. The van der Waals surface area contributed by atoms with E-state index < -0.39 is 0 Å². The molecule has 1 rings (SSSR count). The van der Waals surface area contributed by atoms with E-state index in [9.17, 15) is 0 Å². The summed E-state index contributed by atoms with van der Waals surface area (Å²) in [4.78, 5) is 8.96. The number of aromatic nitrogens is 2. The van der Waals surface area contributed by atoms with E-state index >= 15 is 0 Å². The molecule has 0 saturated carbocycles. The van der Waals surface area contributed by atoms with Gasteiger partial charge >= 0.3 is 0 Å². The number of nitrogens with zero attached hydrogens (tertiary/aromatic N) is 2. The van der Waals surface area contributed by atoms with Gasteiger partial charge in [-0.25, -0.2) is 9.97 Å². The number of nitrogens with one attached hydrogen (secondary N) is 1. The Balaban J connectivity index is 2.86. The number of halogens is 1. The number of hydrogen-bond donors (Lipinski definition) is 1. The van der Waals surface area contributed by atoms with Crippen LogP contribution in [0.25, 0.3) is 0 Å². The topological polar surface area (TPSA) is 37.8 Å². The maximum Gasteiger partial charge on any atom is 0.137 e. The summed E-state index contributed by atoms with van der Waals surface area (Å²) >= 11 is 6.13. The van der Waals surface area contributed by atoms with Crippen molar-refractivity contribution in [3.63, 3.8) is 0 Å². The van der Waals surface area contributed by atoms with Crippen LogP contribution in [0.4, 0.5) is 5.82 Å². The molecule has 0 spiro atoms. The van der Waals surface area contributed by atoms with Crippen LogP contribution in [0.2, 0.25) is 5.15 Å². The highest BCUT2D eigenvalue weighted by Gasteiger charge is 2.19. The first kappa shape index (κ1) is 17.2. The van der Waals surface area contributed by atoms with E-state index in [0.29, 0.717) is 11.2 Å². The second-order valence-electron chi connectivity index (χ2n) is 6.42. The Bertz CT molecular complexity index is 413. The summed E-state index contributed by atoms with van der Waals surface area (Å²) in [6, 6.07) is 2.30. The number of unbranched alkanes of at least 4 members (excludes halogenated alkanes) is 1. The molecule has 0 aromatic carbocycles. The first-order valence-corrected chi connectivity index (χ1v) is 8.06. The molecule has 1 N–H and O–H groups in total. The third-order valence-electron chi connectivity index (χ3n) is 3.26. The van der Waals surface area contributed by atoms with Crippen molar-refractivity contribution in [3.05, 3.63) is 17.0 Å². The van der Waals surface area contributed by atoms with Crippen molar-refractivity contribution >= 4 is 17.4 Å². The average Bonchev–Trinajstić information content (AvgIpc) is 2.34. The Morgan fingerprint density at radius 2 is 1.85 bits per heavy atom. The van der Waals surface area contributed by atoms with Crippen LogP contribution in [0.1, 0.15) is 72.5 Å². The number of anilines is 1. The lowest BCUT2D eigenvalue weighted by Gasteiger charge is -2.21. The van der Waals surface area contributed by atoms with Crippen molar-refractivity contribution in [2.75, 3.05) is 5.32 Å². The molecule has 114 valence electrons. The molecule has 4 heteroatoms. The molecule has 0 aliphatic rings. The van der Waals surface area contributed by atoms with Crippen LogP contribution in [-0.2, 0) is 5.41 Å². The monoisotopic (exact) mass is 297 g/mol. The third kappa shape index (κ3) is 5.66. The minimum atomic E-state index is -0.0923. The quantitative estimate of drug-likeness (QED) is 0.703. The number of rotatable bonds is 7. The Labute approximate surface area is 128 Å². The molecule has 1 atom stereocenters. The van der Waals surface area contributed by atoms with Crippen molar-refractivity contribution in [1.29, 1.82) is 0 Å². The van der Waals surface area contributed by atoms with Crippen LogP contribution in [-0.4, -0.2) is 16.0 Å². The molecule has 0 amide bonds. The van der Waals surface area contributed by atoms with Gasteiger partial charge in [0, 0.05) is 17.5 Å². The summed E-state index contributed by atoms with van der Waals surface area (Å²) < 4.78 is 0. The second-order valence-corrected chi connectivity index (χ2v) is 6.81. The highest BCUT2D eigenvalue weighted by molar-refractivity contribution is 6.29. The first-order valence-electron chi connectivity index (χ1n) is 7.68. The van der Waals surface area contributed by atoms with Gasteiger partial charge in [0.15, 0.2) is 0 Å². The van der Waals surface area contributed by atoms with Crippen molar-refractivity contribution in [3.8, 4) is 0 Å². The van der Waals surface area contributed by atoms with Crippen LogP contribution in [0.5, 0.6) is 0 Å². The van der Waals surface area contributed by atoms with Crippen LogP contribution >= 0.6 is 11.6 Å². The third-order valence-corrected chi connectivity index (χ3v) is 3.45. The predicted molar refractivity (Wildman–Crippen MR) is 87.6 cm³/mol. The fourth-order valence-electron chi connectivity index (χ4n) is 2.12.